The molecule has 0 amide bonds. The number of halogens is 2. The monoisotopic (exact) mass is 287 g/mol. The summed E-state index contributed by atoms with van der Waals surface area (Å²) in [5.74, 6) is -1.83. The maximum atomic E-state index is 13.2. The van der Waals surface area contributed by atoms with E-state index in [0.717, 1.165) is 32.0 Å². The number of methoxy groups -OCH3 is 1. The van der Waals surface area contributed by atoms with Gasteiger partial charge in [0.2, 0.25) is 0 Å². The molecule has 0 unspecified atom stereocenters. The number of alkyl halides is 2. The fraction of sp³-hybridized carbons (Fsp3) is 0.615. The van der Waals surface area contributed by atoms with E-state index in [-0.39, 0.29) is 0 Å². The van der Waals surface area contributed by atoms with Gasteiger partial charge in [0.25, 0.3) is 0 Å². The van der Waals surface area contributed by atoms with Crippen LogP contribution >= 0.6 is 0 Å². The number of hydrogen-bond donors (Lipinski definition) is 1. The van der Waals surface area contributed by atoms with Crippen molar-refractivity contribution in [1.82, 2.24) is 10.3 Å². The van der Waals surface area contributed by atoms with Gasteiger partial charge in [-0.1, -0.05) is 0 Å². The van der Waals surface area contributed by atoms with Crippen molar-refractivity contribution in [2.24, 2.45) is 0 Å². The van der Waals surface area contributed by atoms with Gasteiger partial charge in [0.05, 0.1) is 6.20 Å². The lowest BCUT2D eigenvalue weighted by atomic mass is 10.3. The summed E-state index contributed by atoms with van der Waals surface area (Å²) in [5, 5.41) is 3.26. The first-order chi connectivity index (χ1) is 9.61. The zero-order chi connectivity index (χ0) is 14.4. The Morgan fingerprint density at radius 2 is 2.05 bits per heavy atom. The molecule has 1 fully saturated rings. The number of pyridine rings is 1. The van der Waals surface area contributed by atoms with E-state index < -0.39 is 19.1 Å². The molecule has 0 saturated carbocycles. The zero-order valence-electron chi connectivity index (χ0n) is 11.4. The number of rotatable bonds is 6. The van der Waals surface area contributed by atoms with Gasteiger partial charge in [-0.05, 0) is 12.1 Å². The number of ether oxygens (including phenoxy) is 2. The Morgan fingerprint density at radius 1 is 1.30 bits per heavy atom. The Labute approximate surface area is 116 Å². The molecule has 1 aliphatic heterocycles. The summed E-state index contributed by atoms with van der Waals surface area (Å²) in [5.41, 5.74) is 0. The van der Waals surface area contributed by atoms with Crippen LogP contribution in [0.4, 0.5) is 14.6 Å². The summed E-state index contributed by atoms with van der Waals surface area (Å²) in [6.45, 7) is 2.25. The molecule has 0 aromatic carbocycles. The topological polar surface area (TPSA) is 46.6 Å². The third-order valence-corrected chi connectivity index (χ3v) is 2.97. The Bertz CT molecular complexity index is 409. The number of piperazine rings is 1. The summed E-state index contributed by atoms with van der Waals surface area (Å²) in [6, 6.07) is 3.45. The Kier molecular flexibility index (Phi) is 5.08. The second-order valence-electron chi connectivity index (χ2n) is 4.67. The molecule has 1 saturated heterocycles. The van der Waals surface area contributed by atoms with Crippen molar-refractivity contribution >= 4 is 5.82 Å². The molecule has 1 aliphatic rings. The predicted molar refractivity (Wildman–Crippen MR) is 71.6 cm³/mol. The number of hydrogen-bond acceptors (Lipinski definition) is 5. The highest BCUT2D eigenvalue weighted by molar-refractivity contribution is 5.41. The molecule has 0 spiro atoms. The van der Waals surface area contributed by atoms with Crippen LogP contribution in [0, 0.1) is 0 Å². The highest BCUT2D eigenvalue weighted by Crippen LogP contribution is 2.19. The van der Waals surface area contributed by atoms with Crippen LogP contribution in [0.15, 0.2) is 18.3 Å². The number of nitrogens with zero attached hydrogens (tertiary/aromatic N) is 2. The van der Waals surface area contributed by atoms with Gasteiger partial charge < -0.3 is 19.7 Å². The van der Waals surface area contributed by atoms with Crippen LogP contribution in [0.2, 0.25) is 0 Å². The molecule has 0 aliphatic carbocycles. The van der Waals surface area contributed by atoms with Crippen molar-refractivity contribution in [3.63, 3.8) is 0 Å². The molecular formula is C13H19F2N3O2. The van der Waals surface area contributed by atoms with Crippen LogP contribution in [-0.2, 0) is 4.74 Å². The average molecular weight is 287 g/mol. The number of nitrogens with one attached hydrogen (secondary N) is 1. The van der Waals surface area contributed by atoms with E-state index in [9.17, 15) is 8.78 Å². The van der Waals surface area contributed by atoms with Crippen molar-refractivity contribution in [1.29, 1.82) is 0 Å². The van der Waals surface area contributed by atoms with Crippen molar-refractivity contribution in [2.45, 2.75) is 5.92 Å². The third kappa shape index (κ3) is 4.28. The maximum absolute atomic E-state index is 13.2. The molecule has 1 aromatic heterocycles. The minimum absolute atomic E-state index is 0.333. The first-order valence-corrected chi connectivity index (χ1v) is 6.52. The molecule has 2 rings (SSSR count). The van der Waals surface area contributed by atoms with Gasteiger partial charge in [-0.25, -0.2) is 13.8 Å². The first kappa shape index (κ1) is 14.9. The second kappa shape index (κ2) is 6.81. The van der Waals surface area contributed by atoms with Gasteiger partial charge >= 0.3 is 5.92 Å². The van der Waals surface area contributed by atoms with Gasteiger partial charge in [0, 0.05) is 33.3 Å². The minimum Gasteiger partial charge on any atom is -0.486 e. The van der Waals surface area contributed by atoms with Gasteiger partial charge in [-0.2, -0.15) is 0 Å². The van der Waals surface area contributed by atoms with E-state index in [4.69, 9.17) is 4.74 Å². The molecule has 0 bridgehead atoms. The zero-order valence-corrected chi connectivity index (χ0v) is 11.4. The summed E-state index contributed by atoms with van der Waals surface area (Å²) >= 11 is 0. The molecule has 7 heteroatoms. The van der Waals surface area contributed by atoms with E-state index in [2.05, 4.69) is 19.9 Å². The van der Waals surface area contributed by atoms with Crippen molar-refractivity contribution < 1.29 is 18.3 Å². The summed E-state index contributed by atoms with van der Waals surface area (Å²) < 4.78 is 35.9. The molecule has 0 atom stereocenters. The Hall–Kier alpha value is -1.47. The van der Waals surface area contributed by atoms with E-state index in [1.165, 1.54) is 13.3 Å². The fourth-order valence-electron chi connectivity index (χ4n) is 1.98. The highest BCUT2D eigenvalue weighted by atomic mass is 19.3. The summed E-state index contributed by atoms with van der Waals surface area (Å²) in [6.07, 6.45) is 1.47. The van der Waals surface area contributed by atoms with E-state index in [1.54, 1.807) is 12.1 Å². The van der Waals surface area contributed by atoms with E-state index >= 15 is 0 Å². The minimum atomic E-state index is -2.99. The predicted octanol–water partition coefficient (Wildman–Crippen LogP) is 1.15. The van der Waals surface area contributed by atoms with Crippen LogP contribution in [0.1, 0.15) is 0 Å². The Balaban J connectivity index is 1.88. The smallest absolute Gasteiger partial charge is 0.304 e. The molecule has 20 heavy (non-hydrogen) atoms. The van der Waals surface area contributed by atoms with Crippen LogP contribution in [0.25, 0.3) is 0 Å². The lowest BCUT2D eigenvalue weighted by Crippen LogP contribution is -2.43. The summed E-state index contributed by atoms with van der Waals surface area (Å²) in [4.78, 5) is 6.38. The largest absolute Gasteiger partial charge is 0.486 e. The molecular weight excluding hydrogens is 268 g/mol. The molecule has 0 radical (unpaired) electrons. The molecule has 5 nitrogen and oxygen atoms in total. The first-order valence-electron chi connectivity index (χ1n) is 6.52. The van der Waals surface area contributed by atoms with Crippen LogP contribution < -0.4 is 15.0 Å². The number of anilines is 1. The molecule has 1 N–H and O–H groups in total. The van der Waals surface area contributed by atoms with Gasteiger partial charge in [0.15, 0.2) is 6.61 Å². The SMILES string of the molecule is COCC(F)(F)COc1ccc(N2CCNCC2)nc1. The highest BCUT2D eigenvalue weighted by Gasteiger charge is 2.30. The lowest BCUT2D eigenvalue weighted by Gasteiger charge is -2.28. The van der Waals surface area contributed by atoms with Crippen LogP contribution in [-0.4, -0.2) is 57.4 Å². The summed E-state index contributed by atoms with van der Waals surface area (Å²) in [7, 11) is 1.23. The van der Waals surface area contributed by atoms with Crippen LogP contribution in [0.5, 0.6) is 5.75 Å². The number of aromatic nitrogens is 1. The van der Waals surface area contributed by atoms with Crippen LogP contribution in [0.3, 0.4) is 0 Å². The molecule has 2 heterocycles. The molecule has 112 valence electrons. The normalized spacial score (nSPS) is 16.2. The van der Waals surface area contributed by atoms with E-state index in [1.807, 2.05) is 0 Å². The maximum Gasteiger partial charge on any atom is 0.304 e. The van der Waals surface area contributed by atoms with Crippen molar-refractivity contribution in [3.8, 4) is 5.75 Å². The fourth-order valence-corrected chi connectivity index (χ4v) is 1.98. The Morgan fingerprint density at radius 3 is 2.65 bits per heavy atom. The molecule has 1 aromatic rings. The van der Waals surface area contributed by atoms with Gasteiger partial charge in [-0.3, -0.25) is 0 Å². The second-order valence-corrected chi connectivity index (χ2v) is 4.67. The van der Waals surface area contributed by atoms with Crippen molar-refractivity contribution in [3.05, 3.63) is 18.3 Å². The van der Waals surface area contributed by atoms with E-state index in [0.29, 0.717) is 5.75 Å². The van der Waals surface area contributed by atoms with Crippen molar-refractivity contribution in [2.75, 3.05) is 51.4 Å². The standard InChI is InChI=1S/C13H19F2N3O2/c1-19-9-13(14,15)10-20-11-2-3-12(17-8-11)18-6-4-16-5-7-18/h2-3,8,16H,4-7,9-10H2,1H3. The lowest BCUT2D eigenvalue weighted by molar-refractivity contribution is -0.0911. The average Bonchev–Trinajstić information content (AvgIpc) is 2.47. The quantitative estimate of drug-likeness (QED) is 0.850. The van der Waals surface area contributed by atoms with Gasteiger partial charge in [-0.15, -0.1) is 0 Å². The third-order valence-electron chi connectivity index (χ3n) is 2.97. The van der Waals surface area contributed by atoms with Gasteiger partial charge in [0.1, 0.15) is 18.2 Å².